The van der Waals surface area contributed by atoms with Crippen molar-refractivity contribution >= 4 is 0 Å². The zero-order valence-electron chi connectivity index (χ0n) is 7.95. The van der Waals surface area contributed by atoms with E-state index < -0.39 is 6.43 Å². The molecule has 3 heteroatoms. The van der Waals surface area contributed by atoms with Gasteiger partial charge in [0.15, 0.2) is 0 Å². The molecule has 0 radical (unpaired) electrons. The highest BCUT2D eigenvalue weighted by atomic mass is 19.3. The Bertz CT molecular complexity index is 82.5. The summed E-state index contributed by atoms with van der Waals surface area (Å²) in [4.78, 5) is 0. The number of hydrogen-bond donors (Lipinski definition) is 1. The van der Waals surface area contributed by atoms with Gasteiger partial charge in [0.05, 0.1) is 6.54 Å². The van der Waals surface area contributed by atoms with Crippen molar-refractivity contribution < 1.29 is 8.78 Å². The van der Waals surface area contributed by atoms with Crippen molar-refractivity contribution in [3.8, 4) is 0 Å². The van der Waals surface area contributed by atoms with Gasteiger partial charge in [-0.25, -0.2) is 8.78 Å². The lowest BCUT2D eigenvalue weighted by molar-refractivity contribution is 0.146. The predicted molar refractivity (Wildman–Crippen MR) is 47.6 cm³/mol. The quantitative estimate of drug-likeness (QED) is 0.592. The first-order valence-electron chi connectivity index (χ1n) is 4.61. The standard InChI is InChI=1S/C9H19F2N/c1-8(2)5-3-4-6-12-7-9(10)11/h8-9,12H,3-7H2,1-2H3. The molecule has 0 atom stereocenters. The van der Waals surface area contributed by atoms with Gasteiger partial charge in [-0.1, -0.05) is 26.7 Å². The van der Waals surface area contributed by atoms with Gasteiger partial charge >= 0.3 is 0 Å². The van der Waals surface area contributed by atoms with Crippen molar-refractivity contribution in [1.82, 2.24) is 5.32 Å². The molecule has 0 aromatic carbocycles. The lowest BCUT2D eigenvalue weighted by Crippen LogP contribution is -2.22. The molecule has 0 fully saturated rings. The minimum atomic E-state index is -2.21. The van der Waals surface area contributed by atoms with Gasteiger partial charge in [0, 0.05) is 0 Å². The molecule has 1 nitrogen and oxygen atoms in total. The van der Waals surface area contributed by atoms with Gasteiger partial charge < -0.3 is 5.32 Å². The van der Waals surface area contributed by atoms with Crippen molar-refractivity contribution in [2.45, 2.75) is 39.5 Å². The molecule has 0 aromatic heterocycles. The molecular formula is C9H19F2N. The Morgan fingerprint density at radius 3 is 2.33 bits per heavy atom. The molecule has 0 rings (SSSR count). The minimum Gasteiger partial charge on any atom is -0.311 e. The summed E-state index contributed by atoms with van der Waals surface area (Å²) in [6.45, 7) is 4.90. The van der Waals surface area contributed by atoms with Crippen molar-refractivity contribution in [1.29, 1.82) is 0 Å². The summed E-state index contributed by atoms with van der Waals surface area (Å²) in [6, 6.07) is 0. The second kappa shape index (κ2) is 7.47. The van der Waals surface area contributed by atoms with E-state index in [1.807, 2.05) is 0 Å². The predicted octanol–water partition coefficient (Wildman–Crippen LogP) is 2.67. The first-order valence-corrected chi connectivity index (χ1v) is 4.61. The van der Waals surface area contributed by atoms with Crippen LogP contribution in [0.15, 0.2) is 0 Å². The summed E-state index contributed by atoms with van der Waals surface area (Å²) >= 11 is 0. The Morgan fingerprint density at radius 2 is 1.83 bits per heavy atom. The van der Waals surface area contributed by atoms with Crippen LogP contribution in [0.4, 0.5) is 8.78 Å². The molecule has 0 spiro atoms. The molecule has 0 bridgehead atoms. The maximum absolute atomic E-state index is 11.6. The fourth-order valence-corrected chi connectivity index (χ4v) is 1.01. The SMILES string of the molecule is CC(C)CCCCNCC(F)F. The van der Waals surface area contributed by atoms with Crippen LogP contribution in [0.3, 0.4) is 0 Å². The van der Waals surface area contributed by atoms with Gasteiger partial charge in [-0.3, -0.25) is 0 Å². The zero-order chi connectivity index (χ0) is 9.40. The van der Waals surface area contributed by atoms with Crippen LogP contribution in [0.2, 0.25) is 0 Å². The zero-order valence-corrected chi connectivity index (χ0v) is 7.95. The lowest BCUT2D eigenvalue weighted by Gasteiger charge is -2.05. The van der Waals surface area contributed by atoms with Gasteiger partial charge in [-0.05, 0) is 18.9 Å². The molecule has 0 aromatic rings. The third-order valence-electron chi connectivity index (χ3n) is 1.68. The van der Waals surface area contributed by atoms with Crippen LogP contribution in [0.5, 0.6) is 0 Å². The van der Waals surface area contributed by atoms with Gasteiger partial charge in [-0.15, -0.1) is 0 Å². The van der Waals surface area contributed by atoms with Gasteiger partial charge in [0.2, 0.25) is 0 Å². The summed E-state index contributed by atoms with van der Waals surface area (Å²) in [7, 11) is 0. The number of rotatable bonds is 7. The topological polar surface area (TPSA) is 12.0 Å². The molecule has 0 saturated heterocycles. The highest BCUT2D eigenvalue weighted by molar-refractivity contribution is 4.51. The molecule has 0 unspecified atom stereocenters. The number of nitrogens with one attached hydrogen (secondary N) is 1. The van der Waals surface area contributed by atoms with E-state index in [-0.39, 0.29) is 6.54 Å². The van der Waals surface area contributed by atoms with Gasteiger partial charge in [0.25, 0.3) is 6.43 Å². The van der Waals surface area contributed by atoms with E-state index >= 15 is 0 Å². The highest BCUT2D eigenvalue weighted by Gasteiger charge is 1.99. The van der Waals surface area contributed by atoms with E-state index in [0.717, 1.165) is 25.3 Å². The Balaban J connectivity index is 2.91. The Labute approximate surface area is 73.5 Å². The third-order valence-corrected chi connectivity index (χ3v) is 1.68. The summed E-state index contributed by atoms with van der Waals surface area (Å²) in [6.07, 6.45) is 1.12. The van der Waals surface area contributed by atoms with Crippen LogP contribution < -0.4 is 5.32 Å². The Kier molecular flexibility index (Phi) is 7.36. The Hall–Kier alpha value is -0.180. The second-order valence-electron chi connectivity index (χ2n) is 3.48. The second-order valence-corrected chi connectivity index (χ2v) is 3.48. The van der Waals surface area contributed by atoms with Gasteiger partial charge in [-0.2, -0.15) is 0 Å². The first-order chi connectivity index (χ1) is 5.63. The fraction of sp³-hybridized carbons (Fsp3) is 1.00. The summed E-state index contributed by atoms with van der Waals surface area (Å²) in [5.41, 5.74) is 0. The molecular weight excluding hydrogens is 160 g/mol. The van der Waals surface area contributed by atoms with Crippen LogP contribution >= 0.6 is 0 Å². The van der Waals surface area contributed by atoms with E-state index in [2.05, 4.69) is 19.2 Å². The van der Waals surface area contributed by atoms with Crippen molar-refractivity contribution in [3.05, 3.63) is 0 Å². The average molecular weight is 179 g/mol. The van der Waals surface area contributed by atoms with E-state index in [1.54, 1.807) is 0 Å². The van der Waals surface area contributed by atoms with Crippen LogP contribution in [0.1, 0.15) is 33.1 Å². The number of hydrogen-bond acceptors (Lipinski definition) is 1. The van der Waals surface area contributed by atoms with E-state index in [1.165, 1.54) is 6.42 Å². The van der Waals surface area contributed by atoms with Crippen molar-refractivity contribution in [2.75, 3.05) is 13.1 Å². The minimum absolute atomic E-state index is 0.165. The maximum atomic E-state index is 11.6. The molecule has 0 saturated carbocycles. The largest absolute Gasteiger partial charge is 0.311 e. The Morgan fingerprint density at radius 1 is 1.17 bits per heavy atom. The average Bonchev–Trinajstić information content (AvgIpc) is 1.95. The maximum Gasteiger partial charge on any atom is 0.250 e. The van der Waals surface area contributed by atoms with E-state index in [9.17, 15) is 8.78 Å². The van der Waals surface area contributed by atoms with Crippen molar-refractivity contribution in [3.63, 3.8) is 0 Å². The van der Waals surface area contributed by atoms with Crippen LogP contribution in [0.25, 0.3) is 0 Å². The number of halogens is 2. The third kappa shape index (κ3) is 9.82. The van der Waals surface area contributed by atoms with E-state index in [4.69, 9.17) is 0 Å². The molecule has 74 valence electrons. The fourth-order valence-electron chi connectivity index (χ4n) is 1.01. The molecule has 0 aliphatic rings. The van der Waals surface area contributed by atoms with Crippen LogP contribution in [-0.2, 0) is 0 Å². The monoisotopic (exact) mass is 179 g/mol. The molecule has 1 N–H and O–H groups in total. The summed E-state index contributed by atoms with van der Waals surface area (Å²) < 4.78 is 23.2. The molecule has 0 aliphatic carbocycles. The number of unbranched alkanes of at least 4 members (excludes halogenated alkanes) is 1. The lowest BCUT2D eigenvalue weighted by atomic mass is 10.1. The van der Waals surface area contributed by atoms with Gasteiger partial charge in [0.1, 0.15) is 0 Å². The normalized spacial score (nSPS) is 11.5. The smallest absolute Gasteiger partial charge is 0.250 e. The van der Waals surface area contributed by atoms with Crippen LogP contribution in [-0.4, -0.2) is 19.5 Å². The molecule has 0 amide bonds. The highest BCUT2D eigenvalue weighted by Crippen LogP contribution is 2.04. The summed E-state index contributed by atoms with van der Waals surface area (Å²) in [5.74, 6) is 0.722. The molecule has 12 heavy (non-hydrogen) atoms. The van der Waals surface area contributed by atoms with Crippen molar-refractivity contribution in [2.24, 2.45) is 5.92 Å². The molecule has 0 heterocycles. The van der Waals surface area contributed by atoms with Crippen LogP contribution in [0, 0.1) is 5.92 Å². The molecule has 0 aliphatic heterocycles. The number of alkyl halides is 2. The summed E-state index contributed by atoms with van der Waals surface area (Å²) in [5, 5.41) is 2.71. The van der Waals surface area contributed by atoms with E-state index in [0.29, 0.717) is 0 Å². The first kappa shape index (κ1) is 11.8.